The van der Waals surface area contributed by atoms with E-state index in [9.17, 15) is 9.35 Å². The van der Waals surface area contributed by atoms with Crippen molar-refractivity contribution in [2.24, 2.45) is 0 Å². The molecule has 8 heteroatoms. The third-order valence-electron chi connectivity index (χ3n) is 6.78. The Kier molecular flexibility index (Phi) is 5.93. The van der Waals surface area contributed by atoms with Crippen LogP contribution in [-0.4, -0.2) is 68.2 Å². The molecule has 2 unspecified atom stereocenters. The number of amides is 2. The minimum Gasteiger partial charge on any atom is -0.616 e. The predicted octanol–water partition coefficient (Wildman–Crippen LogP) is 3.27. The molecule has 2 aromatic rings. The first kappa shape index (κ1) is 20.8. The zero-order valence-corrected chi connectivity index (χ0v) is 18.9. The monoisotopic (exact) mass is 442 g/mol. The van der Waals surface area contributed by atoms with Crippen LogP contribution in [0.5, 0.6) is 0 Å². The van der Waals surface area contributed by atoms with Gasteiger partial charge in [-0.15, -0.1) is 0 Å². The van der Waals surface area contributed by atoms with E-state index in [-0.39, 0.29) is 17.9 Å². The number of likely N-dealkylation sites (tertiary alicyclic amines) is 1. The molecule has 166 valence electrons. The number of hydrogen-bond donors (Lipinski definition) is 0. The summed E-state index contributed by atoms with van der Waals surface area (Å²) in [5.41, 5.74) is 2.57. The standard InChI is InChI=1S/C23H30N4O3S/c1-2-16-3-5-17(6-4-16)19-13-20(22-24-21(25-30-22)18-7-8-18)15-27(14-19)23(28)26-9-11-31(29)12-10-26/h3-6,18-20H,2,7-15H2,1H3. The summed E-state index contributed by atoms with van der Waals surface area (Å²) in [6, 6.07) is 8.80. The van der Waals surface area contributed by atoms with Crippen molar-refractivity contribution in [3.8, 4) is 0 Å². The lowest BCUT2D eigenvalue weighted by Crippen LogP contribution is -2.53. The van der Waals surface area contributed by atoms with E-state index in [4.69, 9.17) is 9.51 Å². The summed E-state index contributed by atoms with van der Waals surface area (Å²) in [4.78, 5) is 21.8. The van der Waals surface area contributed by atoms with Gasteiger partial charge in [0.05, 0.1) is 19.0 Å². The van der Waals surface area contributed by atoms with Crippen LogP contribution in [0.15, 0.2) is 28.8 Å². The summed E-state index contributed by atoms with van der Waals surface area (Å²) in [6.07, 6.45) is 4.18. The molecule has 2 amide bonds. The molecule has 2 atom stereocenters. The summed E-state index contributed by atoms with van der Waals surface area (Å²) < 4.78 is 17.4. The number of urea groups is 1. The number of aromatic nitrogens is 2. The third kappa shape index (κ3) is 4.60. The van der Waals surface area contributed by atoms with Gasteiger partial charge in [0.15, 0.2) is 5.82 Å². The lowest BCUT2D eigenvalue weighted by Gasteiger charge is -2.40. The molecule has 0 spiro atoms. The summed E-state index contributed by atoms with van der Waals surface area (Å²) in [5, 5.41) is 4.21. The lowest BCUT2D eigenvalue weighted by molar-refractivity contribution is 0.130. The molecule has 2 aliphatic heterocycles. The van der Waals surface area contributed by atoms with E-state index >= 15 is 0 Å². The highest BCUT2D eigenvalue weighted by Crippen LogP contribution is 2.40. The Balaban J connectivity index is 1.37. The van der Waals surface area contributed by atoms with Crippen molar-refractivity contribution in [3.05, 3.63) is 47.1 Å². The maximum Gasteiger partial charge on any atom is 0.320 e. The van der Waals surface area contributed by atoms with Gasteiger partial charge in [-0.3, -0.25) is 0 Å². The Morgan fingerprint density at radius 1 is 1.10 bits per heavy atom. The third-order valence-corrected chi connectivity index (χ3v) is 8.05. The number of piperidine rings is 1. The fraction of sp³-hybridized carbons (Fsp3) is 0.609. The van der Waals surface area contributed by atoms with Crippen molar-refractivity contribution in [2.45, 2.75) is 50.4 Å². The quantitative estimate of drug-likeness (QED) is 0.679. The van der Waals surface area contributed by atoms with Gasteiger partial charge in [0, 0.05) is 24.9 Å². The molecule has 1 aromatic carbocycles. The van der Waals surface area contributed by atoms with E-state index in [0.29, 0.717) is 49.5 Å². The normalized spacial score (nSPS) is 25.1. The smallest absolute Gasteiger partial charge is 0.320 e. The average molecular weight is 443 g/mol. The van der Waals surface area contributed by atoms with Crippen molar-refractivity contribution in [2.75, 3.05) is 37.7 Å². The van der Waals surface area contributed by atoms with Gasteiger partial charge in [-0.25, -0.2) is 4.79 Å². The largest absolute Gasteiger partial charge is 0.616 e. The van der Waals surface area contributed by atoms with Gasteiger partial charge in [-0.2, -0.15) is 4.98 Å². The minimum absolute atomic E-state index is 0.0347. The van der Waals surface area contributed by atoms with Crippen molar-refractivity contribution in [1.29, 1.82) is 0 Å². The summed E-state index contributed by atoms with van der Waals surface area (Å²) in [7, 11) is 0. The predicted molar refractivity (Wildman–Crippen MR) is 119 cm³/mol. The van der Waals surface area contributed by atoms with Gasteiger partial charge < -0.3 is 18.9 Å². The fourth-order valence-electron chi connectivity index (χ4n) is 4.65. The zero-order valence-electron chi connectivity index (χ0n) is 18.0. The first-order valence-electron chi connectivity index (χ1n) is 11.4. The minimum atomic E-state index is -0.801. The van der Waals surface area contributed by atoms with Crippen molar-refractivity contribution in [1.82, 2.24) is 19.9 Å². The molecule has 1 saturated carbocycles. The average Bonchev–Trinajstić information content (AvgIpc) is 3.55. The van der Waals surface area contributed by atoms with Gasteiger partial charge in [0.2, 0.25) is 5.89 Å². The second-order valence-corrected chi connectivity index (χ2v) is 10.7. The number of rotatable bonds is 4. The van der Waals surface area contributed by atoms with Gasteiger partial charge >= 0.3 is 6.03 Å². The second-order valence-electron chi connectivity index (χ2n) is 9.01. The summed E-state index contributed by atoms with van der Waals surface area (Å²) in [6.45, 7) is 4.56. The summed E-state index contributed by atoms with van der Waals surface area (Å²) >= 11 is -0.801. The van der Waals surface area contributed by atoms with Gasteiger partial charge in [0.25, 0.3) is 0 Å². The van der Waals surface area contributed by atoms with Crippen LogP contribution >= 0.6 is 0 Å². The molecule has 0 radical (unpaired) electrons. The fourth-order valence-corrected chi connectivity index (χ4v) is 5.70. The molecule has 7 nitrogen and oxygen atoms in total. The van der Waals surface area contributed by atoms with E-state index in [1.807, 2.05) is 9.80 Å². The molecule has 31 heavy (non-hydrogen) atoms. The lowest BCUT2D eigenvalue weighted by atomic mass is 9.84. The van der Waals surface area contributed by atoms with Crippen LogP contribution in [0.3, 0.4) is 0 Å². The van der Waals surface area contributed by atoms with Crippen LogP contribution in [0, 0.1) is 0 Å². The molecule has 5 rings (SSSR count). The highest BCUT2D eigenvalue weighted by Gasteiger charge is 2.38. The Bertz CT molecular complexity index is 906. The highest BCUT2D eigenvalue weighted by molar-refractivity contribution is 7.91. The first-order chi connectivity index (χ1) is 15.1. The van der Waals surface area contributed by atoms with Crippen LogP contribution in [-0.2, 0) is 17.6 Å². The van der Waals surface area contributed by atoms with Crippen LogP contribution in [0.4, 0.5) is 4.79 Å². The van der Waals surface area contributed by atoms with Crippen molar-refractivity contribution < 1.29 is 13.9 Å². The molecule has 0 bridgehead atoms. The van der Waals surface area contributed by atoms with Crippen molar-refractivity contribution >= 4 is 17.2 Å². The molecule has 0 N–H and O–H groups in total. The topological polar surface area (TPSA) is 85.5 Å². The van der Waals surface area contributed by atoms with Gasteiger partial charge in [0.1, 0.15) is 11.5 Å². The highest BCUT2D eigenvalue weighted by atomic mass is 32.2. The SMILES string of the molecule is CCc1ccc(C2CC(c3nc(C4CC4)no3)CN(C(=O)N3CC[S+]([O-])CC3)C2)cc1. The number of carbonyl (C=O) groups is 1. The molecular formula is C23H30N4O3S. The zero-order chi connectivity index (χ0) is 21.4. The molecule has 2 saturated heterocycles. The molecule has 1 aliphatic carbocycles. The van der Waals surface area contributed by atoms with E-state index < -0.39 is 11.2 Å². The maximum absolute atomic E-state index is 13.3. The van der Waals surface area contributed by atoms with E-state index in [2.05, 4.69) is 36.3 Å². The Hall–Kier alpha value is -2.06. The number of carbonyl (C=O) groups excluding carboxylic acids is 1. The molecular weight excluding hydrogens is 412 g/mol. The van der Waals surface area contributed by atoms with E-state index in [1.165, 1.54) is 11.1 Å². The van der Waals surface area contributed by atoms with Crippen LogP contribution < -0.4 is 0 Å². The number of hydrogen-bond acceptors (Lipinski definition) is 5. The Morgan fingerprint density at radius 3 is 2.48 bits per heavy atom. The van der Waals surface area contributed by atoms with Crippen LogP contribution in [0.1, 0.15) is 66.8 Å². The van der Waals surface area contributed by atoms with Crippen molar-refractivity contribution in [3.63, 3.8) is 0 Å². The maximum atomic E-state index is 13.3. The first-order valence-corrected chi connectivity index (χ1v) is 12.9. The van der Waals surface area contributed by atoms with Gasteiger partial charge in [-0.05, 0) is 36.8 Å². The molecule has 3 fully saturated rings. The number of benzene rings is 1. The second kappa shape index (κ2) is 8.82. The van der Waals surface area contributed by atoms with E-state index in [1.54, 1.807) is 0 Å². The molecule has 1 aromatic heterocycles. The Morgan fingerprint density at radius 2 is 1.81 bits per heavy atom. The van der Waals surface area contributed by atoms with Crippen LogP contribution in [0.25, 0.3) is 0 Å². The summed E-state index contributed by atoms with van der Waals surface area (Å²) in [5.74, 6) is 3.33. The van der Waals surface area contributed by atoms with Gasteiger partial charge in [-0.1, -0.05) is 47.5 Å². The van der Waals surface area contributed by atoms with E-state index in [0.717, 1.165) is 31.5 Å². The Labute approximate surface area is 186 Å². The number of nitrogens with zero attached hydrogens (tertiary/aromatic N) is 4. The number of aryl methyl sites for hydroxylation is 1. The molecule has 3 heterocycles. The van der Waals surface area contributed by atoms with Crippen LogP contribution in [0.2, 0.25) is 0 Å². The molecule has 3 aliphatic rings.